The van der Waals surface area contributed by atoms with Crippen molar-refractivity contribution in [2.45, 2.75) is 32.7 Å². The van der Waals surface area contributed by atoms with Gasteiger partial charge >= 0.3 is 0 Å². The summed E-state index contributed by atoms with van der Waals surface area (Å²) in [5, 5.41) is 3.01. The molecule has 5 heteroatoms. The molecule has 1 unspecified atom stereocenters. The molecule has 2 atom stereocenters. The Morgan fingerprint density at radius 1 is 1.43 bits per heavy atom. The molecule has 128 valence electrons. The highest BCUT2D eigenvalue weighted by Gasteiger charge is 2.25. The highest BCUT2D eigenvalue weighted by Crippen LogP contribution is 2.31. The molecule has 1 fully saturated rings. The molecule has 23 heavy (non-hydrogen) atoms. The Balaban J connectivity index is 1.83. The lowest BCUT2D eigenvalue weighted by molar-refractivity contribution is -0.122. The van der Waals surface area contributed by atoms with Crippen LogP contribution in [0.3, 0.4) is 0 Å². The van der Waals surface area contributed by atoms with Crippen molar-refractivity contribution >= 4 is 11.6 Å². The van der Waals surface area contributed by atoms with E-state index in [1.165, 1.54) is 0 Å². The van der Waals surface area contributed by atoms with E-state index in [0.717, 1.165) is 37.4 Å². The third-order valence-electron chi connectivity index (χ3n) is 4.34. The number of nitrogens with one attached hydrogen (secondary N) is 1. The van der Waals surface area contributed by atoms with Crippen molar-refractivity contribution in [1.29, 1.82) is 0 Å². The van der Waals surface area contributed by atoms with Crippen LogP contribution in [0.4, 0.5) is 5.69 Å². The van der Waals surface area contributed by atoms with Gasteiger partial charge in [0.1, 0.15) is 5.75 Å². The predicted molar refractivity (Wildman–Crippen MR) is 93.8 cm³/mol. The molecule has 0 bridgehead atoms. The number of nitrogens with zero attached hydrogens (tertiary/aromatic N) is 1. The second-order valence-corrected chi connectivity index (χ2v) is 6.75. The molecule has 1 amide bonds. The molecule has 3 N–H and O–H groups in total. The van der Waals surface area contributed by atoms with Crippen LogP contribution < -0.4 is 20.7 Å². The molecule has 5 nitrogen and oxygen atoms in total. The van der Waals surface area contributed by atoms with Gasteiger partial charge < -0.3 is 20.7 Å². The zero-order valence-corrected chi connectivity index (χ0v) is 14.4. The van der Waals surface area contributed by atoms with Gasteiger partial charge in [0.05, 0.1) is 18.8 Å². The number of nitrogens with two attached hydrogens (primary N) is 1. The first-order valence-electron chi connectivity index (χ1n) is 8.42. The van der Waals surface area contributed by atoms with Crippen LogP contribution in [0.1, 0.15) is 26.7 Å². The molecule has 0 aliphatic carbocycles. The molecule has 1 aromatic rings. The number of hydrogen-bond donors (Lipinski definition) is 2. The smallest absolute Gasteiger partial charge is 0.236 e. The van der Waals surface area contributed by atoms with E-state index in [4.69, 9.17) is 10.5 Å². The summed E-state index contributed by atoms with van der Waals surface area (Å²) in [7, 11) is 1.70. The molecule has 0 radical (unpaired) electrons. The third kappa shape index (κ3) is 4.86. The van der Waals surface area contributed by atoms with Crippen molar-refractivity contribution in [2.75, 3.05) is 31.6 Å². The minimum absolute atomic E-state index is 0.0329. The van der Waals surface area contributed by atoms with Crippen LogP contribution in [0.2, 0.25) is 0 Å². The lowest BCUT2D eigenvalue weighted by atomic mass is 10.0. The van der Waals surface area contributed by atoms with Gasteiger partial charge in [0.25, 0.3) is 0 Å². The van der Waals surface area contributed by atoms with Crippen molar-refractivity contribution in [3.05, 3.63) is 24.3 Å². The maximum atomic E-state index is 12.0. The zero-order valence-electron chi connectivity index (χ0n) is 14.4. The van der Waals surface area contributed by atoms with E-state index in [1.807, 2.05) is 18.2 Å². The first kappa shape index (κ1) is 17.6. The molecule has 1 saturated heterocycles. The highest BCUT2D eigenvalue weighted by molar-refractivity contribution is 5.81. The topological polar surface area (TPSA) is 67.6 Å². The fourth-order valence-electron chi connectivity index (χ4n) is 3.10. The minimum Gasteiger partial charge on any atom is -0.495 e. The number of anilines is 1. The summed E-state index contributed by atoms with van der Waals surface area (Å²) in [6, 6.07) is 7.67. The number of methoxy groups -OCH3 is 1. The third-order valence-corrected chi connectivity index (χ3v) is 4.34. The summed E-state index contributed by atoms with van der Waals surface area (Å²) in [5.74, 6) is 1.75. The van der Waals surface area contributed by atoms with E-state index in [9.17, 15) is 4.79 Å². The Morgan fingerprint density at radius 3 is 2.87 bits per heavy atom. The van der Waals surface area contributed by atoms with E-state index in [1.54, 1.807) is 7.11 Å². The SMILES string of the molecule is COc1ccccc1N1CCC(CNC(=O)[C@@H](N)CC(C)C)C1. The van der Waals surface area contributed by atoms with Gasteiger partial charge in [0.15, 0.2) is 0 Å². The first-order chi connectivity index (χ1) is 11.0. The fraction of sp³-hybridized carbons (Fsp3) is 0.611. The van der Waals surface area contributed by atoms with Crippen LogP contribution in [0.15, 0.2) is 24.3 Å². The Bertz CT molecular complexity index is 519. The van der Waals surface area contributed by atoms with E-state index >= 15 is 0 Å². The average Bonchev–Trinajstić information content (AvgIpc) is 3.00. The number of para-hydroxylation sites is 2. The number of amides is 1. The Hall–Kier alpha value is -1.75. The normalized spacial score (nSPS) is 19.0. The van der Waals surface area contributed by atoms with Crippen molar-refractivity contribution in [3.63, 3.8) is 0 Å². The summed E-state index contributed by atoms with van der Waals surface area (Å²) in [5.41, 5.74) is 7.05. The van der Waals surface area contributed by atoms with Gasteiger partial charge in [-0.25, -0.2) is 0 Å². The molecule has 1 aliphatic rings. The number of rotatable bonds is 7. The lowest BCUT2D eigenvalue weighted by Crippen LogP contribution is -2.43. The molecule has 0 saturated carbocycles. The fourth-order valence-corrected chi connectivity index (χ4v) is 3.10. The minimum atomic E-state index is -0.401. The van der Waals surface area contributed by atoms with Crippen molar-refractivity contribution in [2.24, 2.45) is 17.6 Å². The number of ether oxygens (including phenoxy) is 1. The number of benzene rings is 1. The van der Waals surface area contributed by atoms with Crippen LogP contribution >= 0.6 is 0 Å². The van der Waals surface area contributed by atoms with Gasteiger partial charge in [-0.1, -0.05) is 26.0 Å². The molecular weight excluding hydrogens is 290 g/mol. The Labute approximate surface area is 139 Å². The molecular formula is C18H29N3O2. The van der Waals surface area contributed by atoms with Crippen LogP contribution in [-0.2, 0) is 4.79 Å². The summed E-state index contributed by atoms with van der Waals surface area (Å²) >= 11 is 0. The van der Waals surface area contributed by atoms with Gasteiger partial charge in [0.2, 0.25) is 5.91 Å². The van der Waals surface area contributed by atoms with E-state index in [0.29, 0.717) is 18.4 Å². The number of hydrogen-bond acceptors (Lipinski definition) is 4. The maximum absolute atomic E-state index is 12.0. The van der Waals surface area contributed by atoms with E-state index in [-0.39, 0.29) is 5.91 Å². The summed E-state index contributed by atoms with van der Waals surface area (Å²) in [6.07, 6.45) is 1.79. The lowest BCUT2D eigenvalue weighted by Gasteiger charge is -2.21. The van der Waals surface area contributed by atoms with Crippen molar-refractivity contribution in [3.8, 4) is 5.75 Å². The number of carbonyl (C=O) groups excluding carboxylic acids is 1. The quantitative estimate of drug-likeness (QED) is 0.807. The van der Waals surface area contributed by atoms with Gasteiger partial charge in [-0.05, 0) is 36.8 Å². The monoisotopic (exact) mass is 319 g/mol. The standard InChI is InChI=1S/C18H29N3O2/c1-13(2)10-15(19)18(22)20-11-14-8-9-21(12-14)16-6-4-5-7-17(16)23-3/h4-7,13-15H,8-12,19H2,1-3H3,(H,20,22)/t14?,15-/m0/s1. The largest absolute Gasteiger partial charge is 0.495 e. The molecule has 1 aromatic carbocycles. The van der Waals surface area contributed by atoms with Crippen molar-refractivity contribution < 1.29 is 9.53 Å². The second-order valence-electron chi connectivity index (χ2n) is 6.75. The number of carbonyl (C=O) groups is 1. The van der Waals surface area contributed by atoms with Crippen LogP contribution in [0.25, 0.3) is 0 Å². The second kappa shape index (κ2) is 8.20. The Kier molecular flexibility index (Phi) is 6.28. The summed E-state index contributed by atoms with van der Waals surface area (Å²) in [4.78, 5) is 14.3. The van der Waals surface area contributed by atoms with Crippen LogP contribution in [0.5, 0.6) is 5.75 Å². The molecule has 0 aromatic heterocycles. The average molecular weight is 319 g/mol. The molecule has 1 aliphatic heterocycles. The molecule has 1 heterocycles. The first-order valence-corrected chi connectivity index (χ1v) is 8.42. The summed E-state index contributed by atoms with van der Waals surface area (Å²) < 4.78 is 5.43. The van der Waals surface area contributed by atoms with Gasteiger partial charge in [0, 0.05) is 19.6 Å². The van der Waals surface area contributed by atoms with Gasteiger partial charge in [-0.15, -0.1) is 0 Å². The molecule has 0 spiro atoms. The van der Waals surface area contributed by atoms with Gasteiger partial charge in [-0.3, -0.25) is 4.79 Å². The maximum Gasteiger partial charge on any atom is 0.236 e. The highest BCUT2D eigenvalue weighted by atomic mass is 16.5. The van der Waals surface area contributed by atoms with Crippen LogP contribution in [0, 0.1) is 11.8 Å². The van der Waals surface area contributed by atoms with Crippen molar-refractivity contribution in [1.82, 2.24) is 5.32 Å². The zero-order chi connectivity index (χ0) is 16.8. The van der Waals surface area contributed by atoms with Crippen LogP contribution in [-0.4, -0.2) is 38.7 Å². The van der Waals surface area contributed by atoms with Gasteiger partial charge in [-0.2, -0.15) is 0 Å². The van der Waals surface area contributed by atoms with E-state index < -0.39 is 6.04 Å². The molecule has 2 rings (SSSR count). The predicted octanol–water partition coefficient (Wildman–Crippen LogP) is 2.01. The summed E-state index contributed by atoms with van der Waals surface area (Å²) in [6.45, 7) is 6.76. The Morgan fingerprint density at radius 2 is 2.17 bits per heavy atom. The van der Waals surface area contributed by atoms with E-state index in [2.05, 4.69) is 30.1 Å².